The maximum Gasteiger partial charge on any atom is 0.264 e. The molecule has 5 nitrogen and oxygen atoms in total. The molecule has 0 unspecified atom stereocenters. The average molecular weight is 419 g/mol. The van der Waals surface area contributed by atoms with Gasteiger partial charge in [-0.05, 0) is 61.4 Å². The summed E-state index contributed by atoms with van der Waals surface area (Å²) in [6, 6.07) is 13.2. The summed E-state index contributed by atoms with van der Waals surface area (Å²) in [6.45, 7) is 0. The molecule has 2 aromatic rings. The summed E-state index contributed by atoms with van der Waals surface area (Å²) in [5.41, 5.74) is 0.782. The van der Waals surface area contributed by atoms with Crippen molar-refractivity contribution in [3.05, 3.63) is 59.1 Å². The van der Waals surface area contributed by atoms with E-state index in [0.29, 0.717) is 17.2 Å². The quantitative estimate of drug-likeness (QED) is 0.795. The molecular formula is C21H23ClN2O3S. The van der Waals surface area contributed by atoms with Crippen LogP contribution in [0, 0.1) is 11.8 Å². The van der Waals surface area contributed by atoms with Crippen LogP contribution >= 0.6 is 11.6 Å². The van der Waals surface area contributed by atoms with Crippen molar-refractivity contribution < 1.29 is 13.2 Å². The molecule has 0 heterocycles. The molecule has 2 aliphatic carbocycles. The molecule has 1 amide bonds. The minimum atomic E-state index is -3.69. The Morgan fingerprint density at radius 3 is 2.46 bits per heavy atom. The van der Waals surface area contributed by atoms with Gasteiger partial charge in [-0.2, -0.15) is 0 Å². The summed E-state index contributed by atoms with van der Waals surface area (Å²) < 4.78 is 26.7. The smallest absolute Gasteiger partial charge is 0.264 e. The third kappa shape index (κ3) is 3.51. The summed E-state index contributed by atoms with van der Waals surface area (Å²) in [7, 11) is -2.22. The van der Waals surface area contributed by atoms with Crippen molar-refractivity contribution in [1.82, 2.24) is 5.32 Å². The lowest BCUT2D eigenvalue weighted by Crippen LogP contribution is -2.38. The van der Waals surface area contributed by atoms with Gasteiger partial charge in [0, 0.05) is 13.1 Å². The van der Waals surface area contributed by atoms with E-state index >= 15 is 0 Å². The average Bonchev–Trinajstić information content (AvgIpc) is 3.31. The fourth-order valence-electron chi connectivity index (χ4n) is 4.44. The van der Waals surface area contributed by atoms with Crippen LogP contribution in [0.4, 0.5) is 5.69 Å². The van der Waals surface area contributed by atoms with Gasteiger partial charge in [0.2, 0.25) is 0 Å². The molecule has 0 aliphatic heterocycles. The number of fused-ring (bicyclic) bond motifs is 2. The number of rotatable bonds is 5. The van der Waals surface area contributed by atoms with Crippen molar-refractivity contribution in [1.29, 1.82) is 0 Å². The van der Waals surface area contributed by atoms with Crippen LogP contribution in [-0.4, -0.2) is 27.4 Å². The van der Waals surface area contributed by atoms with Gasteiger partial charge in [-0.25, -0.2) is 8.42 Å². The highest BCUT2D eigenvalue weighted by Gasteiger charge is 2.40. The molecule has 2 aromatic carbocycles. The van der Waals surface area contributed by atoms with E-state index in [1.54, 1.807) is 42.5 Å². The number of nitrogens with one attached hydrogen (secondary N) is 1. The largest absolute Gasteiger partial charge is 0.349 e. The molecule has 4 rings (SSSR count). The predicted octanol–water partition coefficient (Wildman–Crippen LogP) is 4.08. The molecule has 2 aliphatic rings. The fraction of sp³-hybridized carbons (Fsp3) is 0.381. The number of carbonyl (C=O) groups is 1. The predicted molar refractivity (Wildman–Crippen MR) is 110 cm³/mol. The van der Waals surface area contributed by atoms with E-state index in [2.05, 4.69) is 5.32 Å². The zero-order valence-corrected chi connectivity index (χ0v) is 17.2. The summed E-state index contributed by atoms with van der Waals surface area (Å²) in [5, 5.41) is 3.36. The summed E-state index contributed by atoms with van der Waals surface area (Å²) in [6.07, 6.45) is 4.71. The number of benzene rings is 2. The Kier molecular flexibility index (Phi) is 5.10. The van der Waals surface area contributed by atoms with Crippen molar-refractivity contribution in [2.24, 2.45) is 11.8 Å². The Balaban J connectivity index is 1.52. The first-order valence-electron chi connectivity index (χ1n) is 9.50. The second-order valence-corrected chi connectivity index (χ2v) is 10.1. The van der Waals surface area contributed by atoms with Gasteiger partial charge in [-0.15, -0.1) is 0 Å². The summed E-state index contributed by atoms with van der Waals surface area (Å²) in [5.74, 6) is 1.13. The lowest BCUT2D eigenvalue weighted by Gasteiger charge is -2.23. The normalized spacial score (nSPS) is 23.6. The van der Waals surface area contributed by atoms with Crippen LogP contribution in [0.15, 0.2) is 53.4 Å². The third-order valence-corrected chi connectivity index (χ3v) is 8.13. The molecule has 28 heavy (non-hydrogen) atoms. The van der Waals surface area contributed by atoms with Gasteiger partial charge in [0.25, 0.3) is 15.9 Å². The second kappa shape index (κ2) is 7.41. The van der Waals surface area contributed by atoms with E-state index < -0.39 is 10.0 Å². The van der Waals surface area contributed by atoms with Crippen LogP contribution in [0.25, 0.3) is 0 Å². The molecule has 3 atom stereocenters. The van der Waals surface area contributed by atoms with Gasteiger partial charge >= 0.3 is 0 Å². The minimum Gasteiger partial charge on any atom is -0.349 e. The zero-order valence-electron chi connectivity index (χ0n) is 15.6. The Hall–Kier alpha value is -2.05. The fourth-order valence-corrected chi connectivity index (χ4v) is 5.91. The molecule has 7 heteroatoms. The molecule has 2 saturated carbocycles. The summed E-state index contributed by atoms with van der Waals surface area (Å²) >= 11 is 6.35. The van der Waals surface area contributed by atoms with Crippen LogP contribution in [0.5, 0.6) is 0 Å². The molecule has 0 saturated heterocycles. The molecule has 0 radical (unpaired) electrons. The van der Waals surface area contributed by atoms with Crippen LogP contribution in [0.2, 0.25) is 5.02 Å². The lowest BCUT2D eigenvalue weighted by atomic mass is 9.95. The summed E-state index contributed by atoms with van der Waals surface area (Å²) in [4.78, 5) is 12.9. The molecule has 1 N–H and O–H groups in total. The standard InChI is InChI=1S/C21H23ClN2O3S/c1-24(28(26,27)17-5-3-2-4-6-17)16-9-10-18(19(22)13-16)21(25)23-20-12-14-7-8-15(20)11-14/h2-6,9-10,13-15,20H,7-8,11-12H2,1H3,(H,23,25)/t14-,15-,20-/m1/s1. The van der Waals surface area contributed by atoms with E-state index in [-0.39, 0.29) is 21.9 Å². The lowest BCUT2D eigenvalue weighted by molar-refractivity contribution is 0.0923. The number of hydrogen-bond acceptors (Lipinski definition) is 3. The zero-order chi connectivity index (χ0) is 19.9. The van der Waals surface area contributed by atoms with Gasteiger partial charge in [-0.1, -0.05) is 36.2 Å². The number of carbonyl (C=O) groups excluding carboxylic acids is 1. The molecule has 0 spiro atoms. The number of nitrogens with zero attached hydrogens (tertiary/aromatic N) is 1. The highest BCUT2D eigenvalue weighted by Crippen LogP contribution is 2.44. The van der Waals surface area contributed by atoms with Crippen molar-refractivity contribution in [3.8, 4) is 0 Å². The van der Waals surface area contributed by atoms with E-state index in [4.69, 9.17) is 11.6 Å². The van der Waals surface area contributed by atoms with Crippen molar-refractivity contribution in [3.63, 3.8) is 0 Å². The van der Waals surface area contributed by atoms with Crippen molar-refractivity contribution in [2.45, 2.75) is 36.6 Å². The van der Waals surface area contributed by atoms with E-state index in [9.17, 15) is 13.2 Å². The number of sulfonamides is 1. The topological polar surface area (TPSA) is 66.5 Å². The Morgan fingerprint density at radius 1 is 1.11 bits per heavy atom. The molecular weight excluding hydrogens is 396 g/mol. The van der Waals surface area contributed by atoms with Gasteiger partial charge < -0.3 is 5.32 Å². The van der Waals surface area contributed by atoms with E-state index in [1.165, 1.54) is 36.7 Å². The van der Waals surface area contributed by atoms with Crippen LogP contribution < -0.4 is 9.62 Å². The van der Waals surface area contributed by atoms with Crippen LogP contribution in [0.1, 0.15) is 36.0 Å². The van der Waals surface area contributed by atoms with Gasteiger partial charge in [-0.3, -0.25) is 9.10 Å². The highest BCUT2D eigenvalue weighted by molar-refractivity contribution is 7.92. The molecule has 2 fully saturated rings. The SMILES string of the molecule is CN(c1ccc(C(=O)N[C@@H]2C[C@@H]3CC[C@@H]2C3)c(Cl)c1)S(=O)(=O)c1ccccc1. The van der Waals surface area contributed by atoms with Gasteiger partial charge in [0.1, 0.15) is 0 Å². The van der Waals surface area contributed by atoms with Crippen molar-refractivity contribution in [2.75, 3.05) is 11.4 Å². The minimum absolute atomic E-state index is 0.192. The van der Waals surface area contributed by atoms with Crippen LogP contribution in [0.3, 0.4) is 0 Å². The Labute approximate surface area is 170 Å². The third-order valence-electron chi connectivity index (χ3n) is 6.02. The number of halogens is 1. The number of hydrogen-bond donors (Lipinski definition) is 1. The first-order valence-corrected chi connectivity index (χ1v) is 11.3. The van der Waals surface area contributed by atoms with E-state index in [1.807, 2.05) is 0 Å². The second-order valence-electron chi connectivity index (χ2n) is 7.70. The van der Waals surface area contributed by atoms with E-state index in [0.717, 1.165) is 12.3 Å². The Morgan fingerprint density at radius 2 is 1.86 bits per heavy atom. The first-order chi connectivity index (χ1) is 13.4. The number of amides is 1. The monoisotopic (exact) mass is 418 g/mol. The van der Waals surface area contributed by atoms with Gasteiger partial charge in [0.05, 0.1) is 21.2 Å². The highest BCUT2D eigenvalue weighted by atomic mass is 35.5. The molecule has 148 valence electrons. The van der Waals surface area contributed by atoms with Gasteiger partial charge in [0.15, 0.2) is 0 Å². The van der Waals surface area contributed by atoms with Crippen LogP contribution in [-0.2, 0) is 10.0 Å². The molecule has 2 bridgehead atoms. The molecule has 0 aromatic heterocycles. The maximum atomic E-state index is 12.8. The maximum absolute atomic E-state index is 12.8. The first kappa shape index (κ1) is 19.3. The number of anilines is 1. The van der Waals surface area contributed by atoms with Crippen molar-refractivity contribution >= 4 is 33.2 Å². The Bertz CT molecular complexity index is 994.